The molecule has 59 heavy (non-hydrogen) atoms. The second-order valence-electron chi connectivity index (χ2n) is 13.1. The van der Waals surface area contributed by atoms with Gasteiger partial charge >= 0.3 is 29.5 Å². The van der Waals surface area contributed by atoms with Crippen LogP contribution >= 0.6 is 56.8 Å². The highest BCUT2D eigenvalue weighted by molar-refractivity contribution is 8.76. The van der Waals surface area contributed by atoms with Crippen molar-refractivity contribution in [3.8, 4) is 11.8 Å². The molecular weight excluding hydrogens is 905 g/mol. The van der Waals surface area contributed by atoms with Gasteiger partial charge in [0.1, 0.15) is 12.3 Å². The third-order valence-electron chi connectivity index (χ3n) is 8.71. The number of carbonyl (C=O) groups is 3. The van der Waals surface area contributed by atoms with Gasteiger partial charge in [-0.25, -0.2) is 18.5 Å². The lowest BCUT2D eigenvalue weighted by Crippen LogP contribution is -2.36. The molecule has 0 saturated carbocycles. The molecule has 5 heterocycles. The molecule has 3 fully saturated rings. The molecule has 0 aliphatic carbocycles. The number of carbonyl (C=O) groups excluding carboxylic acids is 3. The molecule has 3 saturated heterocycles. The lowest BCUT2D eigenvalue weighted by molar-refractivity contribution is -0.121. The molecule has 0 radical (unpaired) electrons. The van der Waals surface area contributed by atoms with E-state index in [1.54, 1.807) is 0 Å². The number of nitrogen functional groups attached to an aromatic ring is 1. The van der Waals surface area contributed by atoms with Crippen molar-refractivity contribution in [1.82, 2.24) is 35.8 Å². The number of anilines is 1. The van der Waals surface area contributed by atoms with Crippen LogP contribution in [0.2, 0.25) is 0 Å². The Morgan fingerprint density at radius 3 is 2.56 bits per heavy atom. The highest BCUT2D eigenvalue weighted by Gasteiger charge is 2.44. The number of phosphoric ester groups is 1. The number of nitrogens with zero attached hydrogens (tertiary/aromatic N) is 2. The number of hydrogen-bond donors (Lipinski definition) is 11. The van der Waals surface area contributed by atoms with Crippen molar-refractivity contribution in [1.29, 1.82) is 0 Å². The van der Waals surface area contributed by atoms with E-state index in [0.29, 0.717) is 29.7 Å². The molecule has 2 aromatic heterocycles. The number of nitrogens with one attached hydrogen (secondary N) is 5. The average molecular weight is 949 g/mol. The maximum atomic E-state index is 12.9. The number of H-pyrrole nitrogens is 1. The molecule has 3 aliphatic rings. The molecule has 0 bridgehead atoms. The first-order valence-corrected chi connectivity index (χ1v) is 25.8. The molecule has 8 atom stereocenters. The minimum absolute atomic E-state index is 0.00597. The third-order valence-corrected chi connectivity index (χ3v) is 16.4. The number of aromatic amines is 1. The monoisotopic (exact) mass is 948 g/mol. The van der Waals surface area contributed by atoms with E-state index in [4.69, 9.17) is 20.3 Å². The molecule has 2 unspecified atom stereocenters. The van der Waals surface area contributed by atoms with Crippen molar-refractivity contribution in [3.63, 3.8) is 0 Å². The van der Waals surface area contributed by atoms with E-state index in [2.05, 4.69) is 56.2 Å². The van der Waals surface area contributed by atoms with Crippen molar-refractivity contribution >= 4 is 91.6 Å². The maximum absolute atomic E-state index is 12.9. The Morgan fingerprint density at radius 1 is 1.05 bits per heavy atom. The van der Waals surface area contributed by atoms with Crippen molar-refractivity contribution in [2.75, 3.05) is 42.7 Å². The number of fused-ring (bicyclic) bond motifs is 2. The number of amides is 4. The predicted molar refractivity (Wildman–Crippen MR) is 216 cm³/mol. The first kappa shape index (κ1) is 47.4. The summed E-state index contributed by atoms with van der Waals surface area (Å²) >= 11 is 1.85. The lowest BCUT2D eigenvalue weighted by Gasteiger charge is -2.19. The Labute approximate surface area is 347 Å². The van der Waals surface area contributed by atoms with Gasteiger partial charge in [-0.3, -0.25) is 23.9 Å². The second kappa shape index (κ2) is 21.0. The Bertz CT molecular complexity index is 2130. The Kier molecular flexibility index (Phi) is 16.8. The number of phosphoric acid groups is 3. The van der Waals surface area contributed by atoms with Crippen LogP contribution in [-0.2, 0) is 41.2 Å². The number of urea groups is 1. The number of aliphatic hydroxyl groups is 1. The van der Waals surface area contributed by atoms with Crippen LogP contribution in [0.15, 0.2) is 11.0 Å². The van der Waals surface area contributed by atoms with Crippen molar-refractivity contribution < 1.29 is 70.6 Å². The summed E-state index contributed by atoms with van der Waals surface area (Å²) in [4.78, 5) is 91.9. The SMILES string of the molecule is Nc1nc2c(c(C#CCNC(=O)CCSSCCNC(=O)CCCC[C@@H]3SC[C@@H]4NC(=O)N[C@@H]43)cn2[C@H]2C[C@H](O)[C@@H](COP(=O)(O)OP(=O)(O)OP(=O)(O)O)O2)c(=O)[nH]1. The first-order valence-electron chi connectivity index (χ1n) is 17.8. The number of thioether (sulfide) groups is 1. The van der Waals surface area contributed by atoms with Crippen LogP contribution in [0.25, 0.3) is 11.0 Å². The van der Waals surface area contributed by atoms with Crippen LogP contribution < -0.4 is 32.6 Å². The number of nitrogens with two attached hydrogens (primary N) is 1. The first-order chi connectivity index (χ1) is 27.8. The molecule has 0 spiro atoms. The molecule has 3 aliphatic heterocycles. The maximum Gasteiger partial charge on any atom is 0.490 e. The molecule has 2 aromatic rings. The number of hydrogen-bond acceptors (Lipinski definition) is 17. The van der Waals surface area contributed by atoms with Crippen LogP contribution in [0.5, 0.6) is 0 Å². The summed E-state index contributed by atoms with van der Waals surface area (Å²) < 4.78 is 53.5. The summed E-state index contributed by atoms with van der Waals surface area (Å²) in [6.07, 6.45) is 0.698. The van der Waals surface area contributed by atoms with Crippen LogP contribution in [0, 0.1) is 11.8 Å². The fourth-order valence-electron chi connectivity index (χ4n) is 6.21. The zero-order valence-electron chi connectivity index (χ0n) is 30.8. The summed E-state index contributed by atoms with van der Waals surface area (Å²) in [5.74, 6) is 7.13. The van der Waals surface area contributed by atoms with Gasteiger partial charge in [-0.05, 0) is 12.8 Å². The smallest absolute Gasteiger partial charge is 0.390 e. The molecule has 30 heteroatoms. The second-order valence-corrected chi connectivity index (χ2v) is 21.5. The van der Waals surface area contributed by atoms with E-state index in [9.17, 15) is 47.8 Å². The van der Waals surface area contributed by atoms with Crippen LogP contribution in [0.3, 0.4) is 0 Å². The van der Waals surface area contributed by atoms with Gasteiger partial charge in [-0.2, -0.15) is 25.4 Å². The van der Waals surface area contributed by atoms with E-state index in [1.165, 1.54) is 32.4 Å². The van der Waals surface area contributed by atoms with Gasteiger partial charge < -0.3 is 61.0 Å². The lowest BCUT2D eigenvalue weighted by atomic mass is 10.0. The van der Waals surface area contributed by atoms with Gasteiger partial charge in [0, 0.05) is 54.5 Å². The Balaban J connectivity index is 1.00. The molecule has 4 amide bonds. The van der Waals surface area contributed by atoms with Gasteiger partial charge in [-0.15, -0.1) is 0 Å². The minimum Gasteiger partial charge on any atom is -0.390 e. The number of unbranched alkanes of at least 4 members (excludes halogenated alkanes) is 1. The molecular formula is C29H43N8O16P3S3. The number of aromatic nitrogens is 3. The predicted octanol–water partition coefficient (Wildman–Crippen LogP) is 0.380. The number of ether oxygens (including phenoxy) is 1. The van der Waals surface area contributed by atoms with E-state index in [-0.39, 0.29) is 71.9 Å². The van der Waals surface area contributed by atoms with Crippen LogP contribution in [0.1, 0.15) is 50.3 Å². The van der Waals surface area contributed by atoms with Gasteiger partial charge in [0.05, 0.1) is 42.3 Å². The van der Waals surface area contributed by atoms with E-state index in [1.807, 2.05) is 11.8 Å². The normalized spacial score (nSPS) is 24.7. The summed E-state index contributed by atoms with van der Waals surface area (Å²) in [7, 11) is -13.8. The summed E-state index contributed by atoms with van der Waals surface area (Å²) in [5.41, 5.74) is 5.27. The number of rotatable bonds is 21. The fourth-order valence-corrected chi connectivity index (χ4v) is 12.7. The van der Waals surface area contributed by atoms with E-state index < -0.39 is 54.1 Å². The topological polar surface area (TPSA) is 365 Å². The van der Waals surface area contributed by atoms with Crippen molar-refractivity contribution in [3.05, 3.63) is 22.1 Å². The number of aliphatic hydroxyl groups excluding tert-OH is 1. The highest BCUT2D eigenvalue weighted by Crippen LogP contribution is 2.66. The van der Waals surface area contributed by atoms with Crippen LogP contribution in [0.4, 0.5) is 10.7 Å². The minimum atomic E-state index is -5.76. The van der Waals surface area contributed by atoms with Gasteiger partial charge in [0.2, 0.25) is 17.8 Å². The molecule has 328 valence electrons. The van der Waals surface area contributed by atoms with Crippen molar-refractivity contribution in [2.45, 2.75) is 74.3 Å². The molecule has 24 nitrogen and oxygen atoms in total. The van der Waals surface area contributed by atoms with Gasteiger partial charge in [0.15, 0.2) is 5.65 Å². The average Bonchev–Trinajstić information content (AvgIpc) is 3.88. The van der Waals surface area contributed by atoms with Gasteiger partial charge in [-0.1, -0.05) is 39.8 Å². The standard InChI is InChI=1S/C29H43N8O16P3S3/c30-28-35-26-24(27(41)36-28)16(13-37(26)23-12-18(38)19(51-23)14-50-55(46,47)53-56(48,49)52-54(43,44)45)4-3-8-31-22(40)7-10-58-59-11-9-32-21(39)6-2-1-5-20-25-17(15-57-20)33-29(42)34-25/h13,17-20,23,25,38H,1-2,5-12,14-15H2,(H,31,40)(H,32,39)(H,46,47)(H,48,49)(H2,33,34,42)(H2,43,44,45)(H3,30,35,36,41)/t17-,18-,19+,20-,23+,25-/m0/s1. The fraction of sp³-hybridized carbons (Fsp3) is 0.621. The van der Waals surface area contributed by atoms with E-state index in [0.717, 1.165) is 25.0 Å². The Hall–Kier alpha value is -2.63. The van der Waals surface area contributed by atoms with Crippen molar-refractivity contribution in [2.24, 2.45) is 0 Å². The van der Waals surface area contributed by atoms with Crippen LogP contribution in [-0.4, -0.2) is 124 Å². The summed E-state index contributed by atoms with van der Waals surface area (Å²) in [5, 5.41) is 22.4. The quantitative estimate of drug-likeness (QED) is 0.0265. The summed E-state index contributed by atoms with van der Waals surface area (Å²) in [6, 6.07) is 0.249. The zero-order chi connectivity index (χ0) is 43.0. The molecule has 12 N–H and O–H groups in total. The third kappa shape index (κ3) is 14.5. The highest BCUT2D eigenvalue weighted by atomic mass is 33.1. The molecule has 5 rings (SSSR count). The zero-order valence-corrected chi connectivity index (χ0v) is 35.9. The van der Waals surface area contributed by atoms with E-state index >= 15 is 0 Å². The van der Waals surface area contributed by atoms with Gasteiger partial charge in [0.25, 0.3) is 5.56 Å². The Morgan fingerprint density at radius 2 is 1.80 bits per heavy atom. The largest absolute Gasteiger partial charge is 0.490 e. The summed E-state index contributed by atoms with van der Waals surface area (Å²) in [6.45, 7) is -0.475. The molecule has 0 aromatic carbocycles.